The maximum atomic E-state index is 6.26. The smallest absolute Gasteiger partial charge is 0.0648 e. The topological polar surface area (TPSA) is 12.0 Å². The summed E-state index contributed by atoms with van der Waals surface area (Å²) in [6, 6.07) is 6.56. The van der Waals surface area contributed by atoms with E-state index in [1.54, 1.807) is 0 Å². The molecule has 0 amide bonds. The van der Waals surface area contributed by atoms with Crippen molar-refractivity contribution in [3.05, 3.63) is 27.7 Å². The minimum Gasteiger partial charge on any atom is -0.381 e. The van der Waals surface area contributed by atoms with Crippen LogP contribution in [0.2, 0.25) is 5.02 Å². The van der Waals surface area contributed by atoms with E-state index in [0.717, 1.165) is 21.1 Å². The number of benzene rings is 1. The zero-order chi connectivity index (χ0) is 13.3. The summed E-state index contributed by atoms with van der Waals surface area (Å²) in [5.41, 5.74) is 1.48. The summed E-state index contributed by atoms with van der Waals surface area (Å²) in [6.45, 7) is 7.07. The van der Waals surface area contributed by atoms with Crippen LogP contribution < -0.4 is 5.32 Å². The van der Waals surface area contributed by atoms with Gasteiger partial charge in [-0.25, -0.2) is 0 Å². The Balaban J connectivity index is 2.09. The number of halogens is 2. The van der Waals surface area contributed by atoms with E-state index in [1.165, 1.54) is 19.3 Å². The van der Waals surface area contributed by atoms with Crippen molar-refractivity contribution in [2.75, 3.05) is 5.32 Å². The van der Waals surface area contributed by atoms with Gasteiger partial charge < -0.3 is 5.32 Å². The van der Waals surface area contributed by atoms with E-state index in [0.29, 0.717) is 11.5 Å². The molecule has 1 aromatic rings. The zero-order valence-corrected chi connectivity index (χ0v) is 13.6. The van der Waals surface area contributed by atoms with Gasteiger partial charge in [-0.3, -0.25) is 0 Å². The quantitative estimate of drug-likeness (QED) is 0.730. The van der Waals surface area contributed by atoms with Crippen molar-refractivity contribution in [2.24, 2.45) is 11.3 Å². The molecule has 1 aliphatic carbocycles. The van der Waals surface area contributed by atoms with Crippen LogP contribution in [0.25, 0.3) is 0 Å². The van der Waals surface area contributed by atoms with E-state index in [2.05, 4.69) is 48.1 Å². The summed E-state index contributed by atoms with van der Waals surface area (Å²) in [7, 11) is 0. The maximum absolute atomic E-state index is 6.26. The van der Waals surface area contributed by atoms with Gasteiger partial charge in [0.1, 0.15) is 0 Å². The molecular formula is C15H21BrClN. The molecule has 1 fully saturated rings. The molecule has 0 radical (unpaired) electrons. The van der Waals surface area contributed by atoms with Crippen LogP contribution in [0.3, 0.4) is 0 Å². The van der Waals surface area contributed by atoms with Crippen molar-refractivity contribution >= 4 is 33.2 Å². The molecule has 1 nitrogen and oxygen atoms in total. The minimum absolute atomic E-state index is 0.428. The number of rotatable bonds is 2. The van der Waals surface area contributed by atoms with Crippen LogP contribution >= 0.6 is 27.5 Å². The molecule has 1 N–H and O–H groups in total. The van der Waals surface area contributed by atoms with Gasteiger partial charge in [-0.2, -0.15) is 0 Å². The van der Waals surface area contributed by atoms with Gasteiger partial charge in [0.25, 0.3) is 0 Å². The SMILES string of the molecule is CC1CC(Nc2ccc(Br)cc2Cl)CC(C)(C)C1. The highest BCUT2D eigenvalue weighted by Crippen LogP contribution is 2.40. The monoisotopic (exact) mass is 329 g/mol. The molecule has 18 heavy (non-hydrogen) atoms. The molecular weight excluding hydrogens is 310 g/mol. The van der Waals surface area contributed by atoms with E-state index < -0.39 is 0 Å². The Bertz CT molecular complexity index is 431. The standard InChI is InChI=1S/C15H21BrClN/c1-10-6-12(9-15(2,3)8-10)18-14-5-4-11(16)7-13(14)17/h4-5,7,10,12,18H,6,8-9H2,1-3H3. The molecule has 2 atom stereocenters. The van der Waals surface area contributed by atoms with Crippen molar-refractivity contribution in [1.82, 2.24) is 0 Å². The summed E-state index contributed by atoms with van der Waals surface area (Å²) in [4.78, 5) is 0. The van der Waals surface area contributed by atoms with E-state index in [1.807, 2.05) is 12.1 Å². The van der Waals surface area contributed by atoms with Crippen molar-refractivity contribution in [2.45, 2.75) is 46.1 Å². The summed E-state index contributed by atoms with van der Waals surface area (Å²) in [5.74, 6) is 0.778. The highest BCUT2D eigenvalue weighted by molar-refractivity contribution is 9.10. The lowest BCUT2D eigenvalue weighted by molar-refractivity contribution is 0.178. The molecule has 0 saturated heterocycles. The van der Waals surface area contributed by atoms with Crippen LogP contribution in [0.4, 0.5) is 5.69 Å². The maximum Gasteiger partial charge on any atom is 0.0648 e. The van der Waals surface area contributed by atoms with Crippen LogP contribution in [-0.4, -0.2) is 6.04 Å². The van der Waals surface area contributed by atoms with Crippen LogP contribution in [-0.2, 0) is 0 Å². The van der Waals surface area contributed by atoms with Crippen molar-refractivity contribution in [3.63, 3.8) is 0 Å². The average molecular weight is 331 g/mol. The van der Waals surface area contributed by atoms with Crippen LogP contribution in [0.5, 0.6) is 0 Å². The molecule has 1 saturated carbocycles. The normalized spacial score (nSPS) is 26.9. The fourth-order valence-electron chi connectivity index (χ4n) is 3.28. The van der Waals surface area contributed by atoms with Crippen molar-refractivity contribution < 1.29 is 0 Å². The largest absolute Gasteiger partial charge is 0.381 e. The second kappa shape index (κ2) is 5.42. The number of anilines is 1. The lowest BCUT2D eigenvalue weighted by Gasteiger charge is -2.39. The first-order chi connectivity index (χ1) is 8.35. The van der Waals surface area contributed by atoms with Gasteiger partial charge >= 0.3 is 0 Å². The second-order valence-corrected chi connectivity index (χ2v) is 7.70. The van der Waals surface area contributed by atoms with E-state index in [-0.39, 0.29) is 0 Å². The molecule has 3 heteroatoms. The van der Waals surface area contributed by atoms with Gasteiger partial charge in [-0.15, -0.1) is 0 Å². The Morgan fingerprint density at radius 3 is 2.67 bits per heavy atom. The van der Waals surface area contributed by atoms with Crippen LogP contribution in [0, 0.1) is 11.3 Å². The molecule has 0 bridgehead atoms. The Morgan fingerprint density at radius 2 is 2.06 bits per heavy atom. The summed E-state index contributed by atoms with van der Waals surface area (Å²) in [5, 5.41) is 4.40. The summed E-state index contributed by atoms with van der Waals surface area (Å²) < 4.78 is 1.02. The van der Waals surface area contributed by atoms with Crippen molar-refractivity contribution in [1.29, 1.82) is 0 Å². The predicted octanol–water partition coefficient (Wildman–Crippen LogP) is 5.73. The minimum atomic E-state index is 0.428. The average Bonchev–Trinajstić information content (AvgIpc) is 2.19. The van der Waals surface area contributed by atoms with Gasteiger partial charge in [0.2, 0.25) is 0 Å². The fraction of sp³-hybridized carbons (Fsp3) is 0.600. The van der Waals surface area contributed by atoms with Crippen LogP contribution in [0.1, 0.15) is 40.0 Å². The van der Waals surface area contributed by atoms with Gasteiger partial charge in [0.05, 0.1) is 10.7 Å². The summed E-state index contributed by atoms with van der Waals surface area (Å²) in [6.07, 6.45) is 3.76. The molecule has 2 unspecified atom stereocenters. The third kappa shape index (κ3) is 3.64. The summed E-state index contributed by atoms with van der Waals surface area (Å²) >= 11 is 9.70. The molecule has 0 spiro atoms. The highest BCUT2D eigenvalue weighted by atomic mass is 79.9. The van der Waals surface area contributed by atoms with E-state index >= 15 is 0 Å². The number of nitrogens with one attached hydrogen (secondary N) is 1. The number of hydrogen-bond acceptors (Lipinski definition) is 1. The molecule has 2 rings (SSSR count). The Kier molecular flexibility index (Phi) is 4.28. The number of hydrogen-bond donors (Lipinski definition) is 1. The third-order valence-electron chi connectivity index (χ3n) is 3.68. The Hall–Kier alpha value is -0.210. The van der Waals surface area contributed by atoms with Gasteiger partial charge in [0.15, 0.2) is 0 Å². The first-order valence-electron chi connectivity index (χ1n) is 6.57. The van der Waals surface area contributed by atoms with Gasteiger partial charge in [-0.05, 0) is 48.8 Å². The van der Waals surface area contributed by atoms with Gasteiger partial charge in [-0.1, -0.05) is 48.3 Å². The van der Waals surface area contributed by atoms with E-state index in [9.17, 15) is 0 Å². The lowest BCUT2D eigenvalue weighted by atomic mass is 9.70. The first kappa shape index (κ1) is 14.2. The molecule has 0 aromatic heterocycles. The predicted molar refractivity (Wildman–Crippen MR) is 83.4 cm³/mol. The second-order valence-electron chi connectivity index (χ2n) is 6.38. The molecule has 1 aliphatic rings. The van der Waals surface area contributed by atoms with Gasteiger partial charge in [0, 0.05) is 10.5 Å². The Labute approximate surface area is 123 Å². The van der Waals surface area contributed by atoms with Crippen LogP contribution in [0.15, 0.2) is 22.7 Å². The molecule has 0 heterocycles. The van der Waals surface area contributed by atoms with Crippen molar-refractivity contribution in [3.8, 4) is 0 Å². The van der Waals surface area contributed by atoms with E-state index in [4.69, 9.17) is 11.6 Å². The zero-order valence-electron chi connectivity index (χ0n) is 11.3. The fourth-order valence-corrected chi connectivity index (χ4v) is 4.01. The third-order valence-corrected chi connectivity index (χ3v) is 4.48. The lowest BCUT2D eigenvalue weighted by Crippen LogP contribution is -2.35. The first-order valence-corrected chi connectivity index (χ1v) is 7.74. The molecule has 1 aromatic carbocycles. The highest BCUT2D eigenvalue weighted by Gasteiger charge is 2.32. The molecule has 0 aliphatic heterocycles. The Morgan fingerprint density at radius 1 is 1.33 bits per heavy atom. The molecule has 100 valence electrons.